The highest BCUT2D eigenvalue weighted by atomic mass is 16.5. The van der Waals surface area contributed by atoms with Crippen LogP contribution in [0.3, 0.4) is 0 Å². The number of carbonyl (C=O) groups excluding carboxylic acids is 3. The number of nitrogens with zero attached hydrogens (tertiary/aromatic N) is 2. The molecular weight excluding hydrogens is 358 g/mol. The Bertz CT molecular complexity index is 950. The van der Waals surface area contributed by atoms with Crippen molar-refractivity contribution in [2.45, 2.75) is 44.6 Å². The summed E-state index contributed by atoms with van der Waals surface area (Å²) in [7, 11) is 1.37. The Balaban J connectivity index is 1.53. The van der Waals surface area contributed by atoms with Crippen LogP contribution in [0.5, 0.6) is 0 Å². The summed E-state index contributed by atoms with van der Waals surface area (Å²) in [6, 6.07) is 7.80. The minimum atomic E-state index is -0.976. The molecule has 148 valence electrons. The number of urea groups is 1. The SMILES string of the molecule is COC(=O)CCCCCN1C(=O)N2CCc3c([nH]c4ccccc34)C2(C)C1=O. The first-order chi connectivity index (χ1) is 13.5. The number of methoxy groups -OCH3 is 1. The number of aromatic amines is 1. The molecule has 1 saturated heterocycles. The van der Waals surface area contributed by atoms with Crippen molar-refractivity contribution < 1.29 is 19.1 Å². The first-order valence-electron chi connectivity index (χ1n) is 9.79. The van der Waals surface area contributed by atoms with Gasteiger partial charge in [0, 0.05) is 30.4 Å². The van der Waals surface area contributed by atoms with Crippen LogP contribution in [0, 0.1) is 0 Å². The van der Waals surface area contributed by atoms with E-state index in [1.807, 2.05) is 25.1 Å². The molecule has 2 aliphatic heterocycles. The Morgan fingerprint density at radius 3 is 2.79 bits per heavy atom. The molecule has 2 aromatic rings. The summed E-state index contributed by atoms with van der Waals surface area (Å²) in [5, 5.41) is 1.12. The van der Waals surface area contributed by atoms with Gasteiger partial charge < -0.3 is 14.6 Å². The molecule has 0 bridgehead atoms. The molecule has 7 nitrogen and oxygen atoms in total. The number of ether oxygens (including phenoxy) is 1. The Labute approximate surface area is 163 Å². The van der Waals surface area contributed by atoms with E-state index in [0.29, 0.717) is 32.4 Å². The number of rotatable bonds is 6. The lowest BCUT2D eigenvalue weighted by Gasteiger charge is -2.36. The molecule has 1 aromatic heterocycles. The van der Waals surface area contributed by atoms with Crippen LogP contribution in [0.4, 0.5) is 4.79 Å². The first kappa shape index (κ1) is 18.5. The van der Waals surface area contributed by atoms with Gasteiger partial charge in [-0.3, -0.25) is 14.5 Å². The summed E-state index contributed by atoms with van der Waals surface area (Å²) in [4.78, 5) is 43.9. The van der Waals surface area contributed by atoms with E-state index in [1.165, 1.54) is 12.0 Å². The predicted octanol–water partition coefficient (Wildman–Crippen LogP) is 2.94. The van der Waals surface area contributed by atoms with Gasteiger partial charge in [0.15, 0.2) is 5.54 Å². The fraction of sp³-hybridized carbons (Fsp3) is 0.476. The van der Waals surface area contributed by atoms with Gasteiger partial charge >= 0.3 is 12.0 Å². The largest absolute Gasteiger partial charge is 0.469 e. The van der Waals surface area contributed by atoms with Gasteiger partial charge in [0.1, 0.15) is 0 Å². The number of aromatic nitrogens is 1. The highest BCUT2D eigenvalue weighted by molar-refractivity contribution is 6.08. The average Bonchev–Trinajstić information content (AvgIpc) is 3.17. The lowest BCUT2D eigenvalue weighted by molar-refractivity contribution is -0.140. The summed E-state index contributed by atoms with van der Waals surface area (Å²) in [6.45, 7) is 2.76. The van der Waals surface area contributed by atoms with Crippen LogP contribution in [-0.4, -0.2) is 52.9 Å². The third kappa shape index (κ3) is 2.68. The number of amides is 3. The van der Waals surface area contributed by atoms with E-state index in [0.717, 1.165) is 35.0 Å². The summed E-state index contributed by atoms with van der Waals surface area (Å²) in [5.74, 6) is -0.401. The van der Waals surface area contributed by atoms with Crippen LogP contribution in [0.2, 0.25) is 0 Å². The summed E-state index contributed by atoms with van der Waals surface area (Å²) in [6.07, 6.45) is 3.23. The first-order valence-corrected chi connectivity index (χ1v) is 9.79. The topological polar surface area (TPSA) is 82.7 Å². The second-order valence-corrected chi connectivity index (χ2v) is 7.62. The average molecular weight is 383 g/mol. The monoisotopic (exact) mass is 383 g/mol. The maximum Gasteiger partial charge on any atom is 0.327 e. The van der Waals surface area contributed by atoms with E-state index in [1.54, 1.807) is 4.90 Å². The number of imide groups is 1. The summed E-state index contributed by atoms with van der Waals surface area (Å²) in [5.41, 5.74) is 1.99. The molecule has 1 N–H and O–H groups in total. The number of esters is 1. The fourth-order valence-corrected chi connectivity index (χ4v) is 4.48. The van der Waals surface area contributed by atoms with Gasteiger partial charge in [-0.2, -0.15) is 0 Å². The lowest BCUT2D eigenvalue weighted by atomic mass is 9.87. The molecule has 0 radical (unpaired) electrons. The number of para-hydroxylation sites is 1. The van der Waals surface area contributed by atoms with Crippen molar-refractivity contribution in [1.82, 2.24) is 14.8 Å². The predicted molar refractivity (Wildman–Crippen MR) is 104 cm³/mol. The standard InChI is InChI=1S/C21H25N3O4/c1-21-18-15(14-8-5-6-9-16(14)22-18)11-13-24(21)20(27)23(19(21)26)12-7-3-4-10-17(25)28-2/h5-6,8-9,22H,3-4,7,10-13H2,1-2H3. The van der Waals surface area contributed by atoms with Gasteiger partial charge in [0.05, 0.1) is 12.8 Å². The Hall–Kier alpha value is -2.83. The van der Waals surface area contributed by atoms with E-state index >= 15 is 0 Å². The molecule has 0 saturated carbocycles. The van der Waals surface area contributed by atoms with Gasteiger partial charge in [-0.15, -0.1) is 0 Å². The maximum atomic E-state index is 13.3. The zero-order chi connectivity index (χ0) is 19.9. The van der Waals surface area contributed by atoms with Crippen molar-refractivity contribution in [3.8, 4) is 0 Å². The summed E-state index contributed by atoms with van der Waals surface area (Å²) >= 11 is 0. The number of nitrogens with one attached hydrogen (secondary N) is 1. The number of carbonyl (C=O) groups is 3. The molecule has 1 aromatic carbocycles. The molecule has 1 fully saturated rings. The van der Waals surface area contributed by atoms with Crippen LogP contribution in [0.1, 0.15) is 43.9 Å². The zero-order valence-electron chi connectivity index (χ0n) is 16.3. The molecule has 4 rings (SSSR count). The van der Waals surface area contributed by atoms with E-state index in [2.05, 4.69) is 15.8 Å². The van der Waals surface area contributed by atoms with Crippen LogP contribution in [0.15, 0.2) is 24.3 Å². The van der Waals surface area contributed by atoms with Gasteiger partial charge in [0.25, 0.3) is 5.91 Å². The molecule has 0 aliphatic carbocycles. The molecule has 28 heavy (non-hydrogen) atoms. The van der Waals surface area contributed by atoms with Crippen molar-refractivity contribution in [2.75, 3.05) is 20.2 Å². The molecule has 0 spiro atoms. The van der Waals surface area contributed by atoms with Crippen LogP contribution < -0.4 is 0 Å². The van der Waals surface area contributed by atoms with Crippen LogP contribution in [-0.2, 0) is 26.3 Å². The Morgan fingerprint density at radius 2 is 2.00 bits per heavy atom. The van der Waals surface area contributed by atoms with E-state index in [-0.39, 0.29) is 17.9 Å². The van der Waals surface area contributed by atoms with Gasteiger partial charge in [-0.1, -0.05) is 24.6 Å². The van der Waals surface area contributed by atoms with E-state index in [9.17, 15) is 14.4 Å². The van der Waals surface area contributed by atoms with Crippen LogP contribution in [0.25, 0.3) is 10.9 Å². The van der Waals surface area contributed by atoms with Crippen molar-refractivity contribution in [2.24, 2.45) is 0 Å². The van der Waals surface area contributed by atoms with E-state index < -0.39 is 5.54 Å². The van der Waals surface area contributed by atoms with Crippen molar-refractivity contribution in [1.29, 1.82) is 0 Å². The third-order valence-corrected chi connectivity index (χ3v) is 6.04. The molecule has 3 heterocycles. The van der Waals surface area contributed by atoms with Crippen molar-refractivity contribution in [3.05, 3.63) is 35.5 Å². The highest BCUT2D eigenvalue weighted by Gasteiger charge is 2.58. The number of H-pyrrole nitrogens is 1. The molecule has 1 unspecified atom stereocenters. The second kappa shape index (κ2) is 6.96. The van der Waals surface area contributed by atoms with E-state index in [4.69, 9.17) is 0 Å². The molecule has 3 amide bonds. The number of fused-ring (bicyclic) bond motifs is 5. The minimum absolute atomic E-state index is 0.169. The third-order valence-electron chi connectivity index (χ3n) is 6.04. The van der Waals surface area contributed by atoms with Gasteiger partial charge in [-0.25, -0.2) is 4.79 Å². The van der Waals surface area contributed by atoms with Crippen LogP contribution >= 0.6 is 0 Å². The Morgan fingerprint density at radius 1 is 1.21 bits per heavy atom. The smallest absolute Gasteiger partial charge is 0.327 e. The van der Waals surface area contributed by atoms with Crippen molar-refractivity contribution >= 4 is 28.8 Å². The number of unbranched alkanes of at least 4 members (excludes halogenated alkanes) is 2. The summed E-state index contributed by atoms with van der Waals surface area (Å²) < 4.78 is 4.63. The quantitative estimate of drug-likeness (QED) is 0.472. The number of benzene rings is 1. The minimum Gasteiger partial charge on any atom is -0.469 e. The molecular formula is C21H25N3O4. The molecule has 1 atom stereocenters. The number of hydrogen-bond donors (Lipinski definition) is 1. The molecule has 2 aliphatic rings. The van der Waals surface area contributed by atoms with Gasteiger partial charge in [-0.05, 0) is 37.8 Å². The Kier molecular flexibility index (Phi) is 4.61. The zero-order valence-corrected chi connectivity index (χ0v) is 16.3. The fourth-order valence-electron chi connectivity index (χ4n) is 4.48. The highest BCUT2D eigenvalue weighted by Crippen LogP contribution is 2.43. The maximum absolute atomic E-state index is 13.3. The molecule has 7 heteroatoms. The van der Waals surface area contributed by atoms with Gasteiger partial charge in [0.2, 0.25) is 0 Å². The normalized spacial score (nSPS) is 21.2. The second-order valence-electron chi connectivity index (χ2n) is 7.62. The lowest BCUT2D eigenvalue weighted by Crippen LogP contribution is -2.49. The van der Waals surface area contributed by atoms with Crippen molar-refractivity contribution in [3.63, 3.8) is 0 Å². The number of hydrogen-bond acceptors (Lipinski definition) is 4.